The summed E-state index contributed by atoms with van der Waals surface area (Å²) in [5, 5.41) is -1.10. The molecule has 0 aliphatic rings. The van der Waals surface area contributed by atoms with Crippen LogP contribution in [0.2, 0.25) is 0 Å². The van der Waals surface area contributed by atoms with Gasteiger partial charge in [0.05, 0.1) is 0 Å². The third-order valence-electron chi connectivity index (χ3n) is 4.41. The second-order valence-electron chi connectivity index (χ2n) is 7.00. The molecule has 0 radical (unpaired) electrons. The zero-order valence-electron chi connectivity index (χ0n) is 18.0. The van der Waals surface area contributed by atoms with Gasteiger partial charge in [0.1, 0.15) is 9.79 Å². The van der Waals surface area contributed by atoms with Gasteiger partial charge in [-0.15, -0.1) is 0 Å². The van der Waals surface area contributed by atoms with Gasteiger partial charge in [0, 0.05) is 22.5 Å². The van der Waals surface area contributed by atoms with E-state index in [0.29, 0.717) is 11.1 Å². The SMILES string of the molecule is Nc1ccc(/C=C/c2ccc(N)cc2S(=O)(=O)O)c(S(=O)(=O)O)c1.O=C(Cl)c1ccc(C(=O)Cl)cc1. The van der Waals surface area contributed by atoms with E-state index >= 15 is 0 Å². The van der Waals surface area contributed by atoms with Crippen LogP contribution in [0.5, 0.6) is 0 Å². The van der Waals surface area contributed by atoms with Crippen LogP contribution in [0.15, 0.2) is 70.5 Å². The van der Waals surface area contributed by atoms with Gasteiger partial charge in [-0.05, 0) is 82.9 Å². The Morgan fingerprint density at radius 2 is 0.944 bits per heavy atom. The van der Waals surface area contributed by atoms with Crippen molar-refractivity contribution in [3.05, 3.63) is 82.9 Å². The van der Waals surface area contributed by atoms with E-state index in [1.165, 1.54) is 60.7 Å². The van der Waals surface area contributed by atoms with Gasteiger partial charge in [-0.2, -0.15) is 16.8 Å². The Morgan fingerprint density at radius 3 is 1.19 bits per heavy atom. The van der Waals surface area contributed by atoms with Gasteiger partial charge in [-0.3, -0.25) is 18.7 Å². The average molecular weight is 573 g/mol. The van der Waals surface area contributed by atoms with E-state index in [1.807, 2.05) is 0 Å². The number of carbonyl (C=O) groups excluding carboxylic acids is 2. The van der Waals surface area contributed by atoms with Crippen molar-refractivity contribution in [1.82, 2.24) is 0 Å². The van der Waals surface area contributed by atoms with Crippen molar-refractivity contribution in [2.75, 3.05) is 11.5 Å². The molecular formula is C22H18Cl2N2O8S2. The quantitative estimate of drug-likeness (QED) is 0.145. The highest BCUT2D eigenvalue weighted by molar-refractivity contribution is 7.86. The van der Waals surface area contributed by atoms with Crippen LogP contribution < -0.4 is 11.5 Å². The van der Waals surface area contributed by atoms with Crippen LogP contribution in [0, 0.1) is 0 Å². The summed E-state index contributed by atoms with van der Waals surface area (Å²) < 4.78 is 64.1. The minimum absolute atomic E-state index is 0.0878. The highest BCUT2D eigenvalue weighted by Crippen LogP contribution is 2.24. The smallest absolute Gasteiger partial charge is 0.295 e. The van der Waals surface area contributed by atoms with E-state index in [2.05, 4.69) is 0 Å². The Bertz CT molecular complexity index is 1440. The van der Waals surface area contributed by atoms with E-state index in [0.717, 1.165) is 12.1 Å². The summed E-state index contributed by atoms with van der Waals surface area (Å²) >= 11 is 10.4. The third-order valence-corrected chi connectivity index (χ3v) is 6.67. The van der Waals surface area contributed by atoms with Crippen molar-refractivity contribution < 1.29 is 35.5 Å². The Hall–Kier alpha value is -3.26. The molecule has 3 rings (SSSR count). The lowest BCUT2D eigenvalue weighted by molar-refractivity contribution is 0.107. The Morgan fingerprint density at radius 1 is 0.639 bits per heavy atom. The van der Waals surface area contributed by atoms with Gasteiger partial charge in [0.25, 0.3) is 30.7 Å². The van der Waals surface area contributed by atoms with Crippen molar-refractivity contribution in [2.45, 2.75) is 9.79 Å². The fourth-order valence-electron chi connectivity index (χ4n) is 2.74. The maximum Gasteiger partial charge on any atom is 0.295 e. The molecule has 14 heteroatoms. The zero-order valence-corrected chi connectivity index (χ0v) is 21.1. The summed E-state index contributed by atoms with van der Waals surface area (Å²) in [5.74, 6) is 0. The summed E-state index contributed by atoms with van der Waals surface area (Å²) in [6.07, 6.45) is 2.53. The Labute approximate surface area is 216 Å². The second-order valence-corrected chi connectivity index (χ2v) is 10.5. The van der Waals surface area contributed by atoms with Crippen LogP contribution in [-0.2, 0) is 20.2 Å². The number of anilines is 2. The molecule has 0 aromatic heterocycles. The van der Waals surface area contributed by atoms with Crippen LogP contribution >= 0.6 is 23.2 Å². The molecular weight excluding hydrogens is 555 g/mol. The molecule has 0 amide bonds. The van der Waals surface area contributed by atoms with Gasteiger partial charge in [-0.1, -0.05) is 24.3 Å². The van der Waals surface area contributed by atoms with Crippen LogP contribution in [0.25, 0.3) is 12.2 Å². The van der Waals surface area contributed by atoms with Gasteiger partial charge < -0.3 is 11.5 Å². The largest absolute Gasteiger partial charge is 0.399 e. The van der Waals surface area contributed by atoms with Crippen LogP contribution in [-0.4, -0.2) is 36.4 Å². The number of hydrogen-bond acceptors (Lipinski definition) is 8. The summed E-state index contributed by atoms with van der Waals surface area (Å²) in [6.45, 7) is 0. The van der Waals surface area contributed by atoms with E-state index < -0.39 is 40.5 Å². The maximum absolute atomic E-state index is 11.4. The molecule has 0 saturated heterocycles. The lowest BCUT2D eigenvalue weighted by atomic mass is 10.1. The number of halogens is 2. The Balaban J connectivity index is 0.000000319. The molecule has 36 heavy (non-hydrogen) atoms. The van der Waals surface area contributed by atoms with Crippen LogP contribution in [0.1, 0.15) is 31.8 Å². The van der Waals surface area contributed by atoms with E-state index in [4.69, 9.17) is 34.7 Å². The monoisotopic (exact) mass is 572 g/mol. The van der Waals surface area contributed by atoms with Gasteiger partial charge in [0.15, 0.2) is 0 Å². The topological polar surface area (TPSA) is 195 Å². The molecule has 0 heterocycles. The van der Waals surface area contributed by atoms with Crippen molar-refractivity contribution in [3.8, 4) is 0 Å². The second kappa shape index (κ2) is 11.6. The van der Waals surface area contributed by atoms with Crippen molar-refractivity contribution in [1.29, 1.82) is 0 Å². The highest BCUT2D eigenvalue weighted by atomic mass is 35.5. The first kappa shape index (κ1) is 29.0. The number of nitrogens with two attached hydrogens (primary N) is 2. The summed E-state index contributed by atoms with van der Waals surface area (Å²) in [5.41, 5.74) is 12.1. The van der Waals surface area contributed by atoms with E-state index in [-0.39, 0.29) is 22.5 Å². The molecule has 0 aliphatic carbocycles. The lowest BCUT2D eigenvalue weighted by Crippen LogP contribution is -2.03. The highest BCUT2D eigenvalue weighted by Gasteiger charge is 2.16. The number of hydrogen-bond donors (Lipinski definition) is 4. The predicted octanol–water partition coefficient (Wildman–Crippen LogP) is 3.96. The molecule has 190 valence electrons. The molecule has 0 spiro atoms. The standard InChI is InChI=1S/C14H14N2O6S2.C8H4Cl2O2/c15-11-5-3-9(13(7-11)23(17,18)19)1-2-10-4-6-12(16)8-14(10)24(20,21)22;9-7(11)5-1-2-6(4-3-5)8(10)12/h1-8H,15-16H2,(H,17,18,19)(H,20,21,22);1-4H/b2-1+;. The number of carbonyl (C=O) groups is 2. The van der Waals surface area contributed by atoms with Crippen LogP contribution in [0.4, 0.5) is 11.4 Å². The average Bonchev–Trinajstić information content (AvgIpc) is 2.78. The van der Waals surface area contributed by atoms with E-state index in [1.54, 1.807) is 0 Å². The fourth-order valence-corrected chi connectivity index (χ4v) is 4.43. The van der Waals surface area contributed by atoms with Crippen molar-refractivity contribution in [2.24, 2.45) is 0 Å². The minimum atomic E-state index is -4.52. The third kappa shape index (κ3) is 8.16. The van der Waals surface area contributed by atoms with Crippen molar-refractivity contribution >= 4 is 77.4 Å². The normalized spacial score (nSPS) is 11.6. The van der Waals surface area contributed by atoms with Gasteiger partial charge in [-0.25, -0.2) is 0 Å². The zero-order chi connectivity index (χ0) is 27.3. The minimum Gasteiger partial charge on any atom is -0.399 e. The predicted molar refractivity (Wildman–Crippen MR) is 137 cm³/mol. The summed E-state index contributed by atoms with van der Waals surface area (Å²) in [4.78, 5) is 20.3. The molecule has 0 fully saturated rings. The molecule has 0 atom stereocenters. The molecule has 3 aromatic carbocycles. The lowest BCUT2D eigenvalue weighted by Gasteiger charge is -2.06. The molecule has 6 N–H and O–H groups in total. The number of benzene rings is 3. The van der Waals surface area contributed by atoms with Crippen molar-refractivity contribution in [3.63, 3.8) is 0 Å². The van der Waals surface area contributed by atoms with E-state index in [9.17, 15) is 35.5 Å². The first-order valence-electron chi connectivity index (χ1n) is 9.51. The molecule has 3 aromatic rings. The number of rotatable bonds is 6. The molecule has 10 nitrogen and oxygen atoms in total. The first-order valence-corrected chi connectivity index (χ1v) is 13.1. The van der Waals surface area contributed by atoms with Gasteiger partial charge in [0.2, 0.25) is 0 Å². The maximum atomic E-state index is 11.4. The summed E-state index contributed by atoms with van der Waals surface area (Å²) in [7, 11) is -9.05. The first-order chi connectivity index (χ1) is 16.6. The summed E-state index contributed by atoms with van der Waals surface area (Å²) in [6, 6.07) is 13.5. The molecule has 0 aliphatic heterocycles. The molecule has 0 unspecified atom stereocenters. The fraction of sp³-hybridized carbons (Fsp3) is 0. The van der Waals surface area contributed by atoms with Crippen LogP contribution in [0.3, 0.4) is 0 Å². The number of nitrogen functional groups attached to an aromatic ring is 2. The van der Waals surface area contributed by atoms with Gasteiger partial charge >= 0.3 is 0 Å². The molecule has 0 bridgehead atoms. The Kier molecular flexibility index (Phi) is 9.38. The molecule has 0 saturated carbocycles.